The van der Waals surface area contributed by atoms with Gasteiger partial charge in [0.15, 0.2) is 0 Å². The van der Waals surface area contributed by atoms with Crippen LogP contribution in [0.1, 0.15) is 18.4 Å². The quantitative estimate of drug-likeness (QED) is 0.666. The van der Waals surface area contributed by atoms with Gasteiger partial charge in [-0.2, -0.15) is 0 Å². The molecule has 0 saturated heterocycles. The predicted octanol–water partition coefficient (Wildman–Crippen LogP) is 2.45. The summed E-state index contributed by atoms with van der Waals surface area (Å²) < 4.78 is 0. The first kappa shape index (κ1) is 14.2. The molecule has 0 spiro atoms. The van der Waals surface area contributed by atoms with Crippen LogP contribution >= 0.6 is 11.6 Å². The van der Waals surface area contributed by atoms with E-state index in [2.05, 4.69) is 4.90 Å². The number of aliphatic hydroxyl groups excluding tert-OH is 1. The van der Waals surface area contributed by atoms with Gasteiger partial charge < -0.3 is 10.0 Å². The third-order valence-electron chi connectivity index (χ3n) is 3.46. The Morgan fingerprint density at radius 1 is 1.53 bits per heavy atom. The molecule has 1 fully saturated rings. The Labute approximate surface area is 116 Å². The van der Waals surface area contributed by atoms with E-state index in [1.807, 2.05) is 7.05 Å². The van der Waals surface area contributed by atoms with Gasteiger partial charge in [-0.15, -0.1) is 0 Å². The van der Waals surface area contributed by atoms with Crippen LogP contribution in [0, 0.1) is 16.0 Å². The summed E-state index contributed by atoms with van der Waals surface area (Å²) in [6.45, 7) is 1.45. The van der Waals surface area contributed by atoms with Crippen LogP contribution in [0.3, 0.4) is 0 Å². The van der Waals surface area contributed by atoms with Crippen LogP contribution in [0.25, 0.3) is 0 Å². The van der Waals surface area contributed by atoms with Crippen molar-refractivity contribution < 1.29 is 10.0 Å². The maximum Gasteiger partial charge on any atom is 0.269 e. The maximum atomic E-state index is 10.7. The van der Waals surface area contributed by atoms with Gasteiger partial charge in [-0.3, -0.25) is 10.1 Å². The minimum absolute atomic E-state index is 0.0619. The van der Waals surface area contributed by atoms with Gasteiger partial charge in [-0.25, -0.2) is 0 Å². The number of nitro groups is 1. The number of nitro benzene ring substituents is 1. The highest BCUT2D eigenvalue weighted by atomic mass is 35.5. The number of benzene rings is 1. The minimum Gasteiger partial charge on any atom is -0.393 e. The zero-order valence-corrected chi connectivity index (χ0v) is 11.5. The fraction of sp³-hybridized carbons (Fsp3) is 0.538. The summed E-state index contributed by atoms with van der Waals surface area (Å²) in [5.74, 6) is 0.512. The molecule has 1 aliphatic carbocycles. The molecule has 0 radical (unpaired) electrons. The largest absolute Gasteiger partial charge is 0.393 e. The van der Waals surface area contributed by atoms with Crippen LogP contribution in [0.4, 0.5) is 5.69 Å². The molecule has 6 heteroatoms. The lowest BCUT2D eigenvalue weighted by molar-refractivity contribution is -0.384. The molecule has 5 nitrogen and oxygen atoms in total. The molecule has 0 atom stereocenters. The third kappa shape index (κ3) is 3.65. The van der Waals surface area contributed by atoms with Crippen molar-refractivity contribution in [3.63, 3.8) is 0 Å². The van der Waals surface area contributed by atoms with Crippen LogP contribution in [0.5, 0.6) is 0 Å². The van der Waals surface area contributed by atoms with E-state index in [-0.39, 0.29) is 11.8 Å². The van der Waals surface area contributed by atoms with Crippen LogP contribution in [-0.4, -0.2) is 34.6 Å². The molecule has 19 heavy (non-hydrogen) atoms. The Morgan fingerprint density at radius 3 is 2.79 bits per heavy atom. The molecule has 0 heterocycles. The van der Waals surface area contributed by atoms with Gasteiger partial charge in [0.1, 0.15) is 0 Å². The highest BCUT2D eigenvalue weighted by Crippen LogP contribution is 2.29. The van der Waals surface area contributed by atoms with E-state index < -0.39 is 4.92 Å². The SMILES string of the molecule is CN(Cc1cc([N+](=O)[O-])ccc1Cl)CC1CC(O)C1. The molecule has 0 bridgehead atoms. The van der Waals surface area contributed by atoms with E-state index in [4.69, 9.17) is 11.6 Å². The van der Waals surface area contributed by atoms with E-state index in [0.29, 0.717) is 17.5 Å². The Morgan fingerprint density at radius 2 is 2.21 bits per heavy atom. The van der Waals surface area contributed by atoms with Gasteiger partial charge in [0.2, 0.25) is 0 Å². The maximum absolute atomic E-state index is 10.7. The van der Waals surface area contributed by atoms with Gasteiger partial charge in [0.25, 0.3) is 5.69 Å². The Hall–Kier alpha value is -1.17. The van der Waals surface area contributed by atoms with Crippen LogP contribution < -0.4 is 0 Å². The molecule has 1 aromatic carbocycles. The summed E-state index contributed by atoms with van der Waals surface area (Å²) in [6.07, 6.45) is 1.53. The lowest BCUT2D eigenvalue weighted by Crippen LogP contribution is -2.36. The second-order valence-corrected chi connectivity index (χ2v) is 5.63. The van der Waals surface area contributed by atoms with Crippen molar-refractivity contribution in [3.05, 3.63) is 38.9 Å². The average Bonchev–Trinajstić information content (AvgIpc) is 2.29. The van der Waals surface area contributed by atoms with E-state index in [1.165, 1.54) is 12.1 Å². The lowest BCUT2D eigenvalue weighted by Gasteiger charge is -2.34. The van der Waals surface area contributed by atoms with Crippen molar-refractivity contribution in [2.45, 2.75) is 25.5 Å². The van der Waals surface area contributed by atoms with Crippen molar-refractivity contribution in [1.82, 2.24) is 4.90 Å². The first-order chi connectivity index (χ1) is 8.95. The zero-order chi connectivity index (χ0) is 14.0. The summed E-state index contributed by atoms with van der Waals surface area (Å²) in [4.78, 5) is 12.4. The zero-order valence-electron chi connectivity index (χ0n) is 10.8. The smallest absolute Gasteiger partial charge is 0.269 e. The molecule has 1 saturated carbocycles. The van der Waals surface area contributed by atoms with E-state index >= 15 is 0 Å². The normalized spacial score (nSPS) is 22.3. The van der Waals surface area contributed by atoms with Crippen molar-refractivity contribution >= 4 is 17.3 Å². The monoisotopic (exact) mass is 284 g/mol. The number of hydrogen-bond donors (Lipinski definition) is 1. The van der Waals surface area contributed by atoms with Gasteiger partial charge in [-0.1, -0.05) is 11.6 Å². The molecule has 1 N–H and O–H groups in total. The first-order valence-electron chi connectivity index (χ1n) is 6.25. The molecule has 0 aliphatic heterocycles. The Balaban J connectivity index is 1.97. The van der Waals surface area contributed by atoms with Crippen molar-refractivity contribution in [2.24, 2.45) is 5.92 Å². The van der Waals surface area contributed by atoms with Gasteiger partial charge in [0, 0.05) is 30.2 Å². The number of aliphatic hydroxyl groups is 1. The van der Waals surface area contributed by atoms with Gasteiger partial charge >= 0.3 is 0 Å². The van der Waals surface area contributed by atoms with Crippen molar-refractivity contribution in [2.75, 3.05) is 13.6 Å². The average molecular weight is 285 g/mol. The molecule has 104 valence electrons. The molecule has 0 aromatic heterocycles. The summed E-state index contributed by atoms with van der Waals surface area (Å²) in [7, 11) is 1.96. The second kappa shape index (κ2) is 5.86. The number of hydrogen-bond acceptors (Lipinski definition) is 4. The van der Waals surface area contributed by atoms with Crippen molar-refractivity contribution in [3.8, 4) is 0 Å². The molecular formula is C13H17ClN2O3. The number of rotatable bonds is 5. The highest BCUT2D eigenvalue weighted by molar-refractivity contribution is 6.31. The number of nitrogens with zero attached hydrogens (tertiary/aromatic N) is 2. The fourth-order valence-electron chi connectivity index (χ4n) is 2.44. The van der Waals surface area contributed by atoms with E-state index in [9.17, 15) is 15.2 Å². The molecule has 1 aliphatic rings. The van der Waals surface area contributed by atoms with Crippen LogP contribution in [0.2, 0.25) is 5.02 Å². The first-order valence-corrected chi connectivity index (χ1v) is 6.63. The molecule has 1 aromatic rings. The topological polar surface area (TPSA) is 66.6 Å². The minimum atomic E-state index is -0.415. The second-order valence-electron chi connectivity index (χ2n) is 5.22. The summed E-state index contributed by atoms with van der Waals surface area (Å²) >= 11 is 6.06. The fourth-order valence-corrected chi connectivity index (χ4v) is 2.62. The summed E-state index contributed by atoms with van der Waals surface area (Å²) in [5, 5.41) is 20.5. The standard InChI is InChI=1S/C13H17ClN2O3/c1-15(7-9-4-12(17)5-9)8-10-6-11(16(18)19)2-3-13(10)14/h2-3,6,9,12,17H,4-5,7-8H2,1H3. The summed E-state index contributed by atoms with van der Waals surface area (Å²) in [5.41, 5.74) is 0.824. The predicted molar refractivity (Wildman–Crippen MR) is 73.2 cm³/mol. The van der Waals surface area contributed by atoms with Crippen molar-refractivity contribution in [1.29, 1.82) is 0 Å². The molecule has 0 amide bonds. The van der Waals surface area contributed by atoms with Gasteiger partial charge in [0.05, 0.1) is 11.0 Å². The highest BCUT2D eigenvalue weighted by Gasteiger charge is 2.28. The summed E-state index contributed by atoms with van der Waals surface area (Å²) in [6, 6.07) is 4.50. The molecular weight excluding hydrogens is 268 g/mol. The number of non-ortho nitro benzene ring substituents is 1. The van der Waals surface area contributed by atoms with E-state index in [1.54, 1.807) is 6.07 Å². The third-order valence-corrected chi connectivity index (χ3v) is 3.83. The Bertz CT molecular complexity index is 475. The van der Waals surface area contributed by atoms with E-state index in [0.717, 1.165) is 24.9 Å². The van der Waals surface area contributed by atoms with Crippen LogP contribution in [0.15, 0.2) is 18.2 Å². The Kier molecular flexibility index (Phi) is 4.39. The molecule has 2 rings (SSSR count). The van der Waals surface area contributed by atoms with Crippen LogP contribution in [-0.2, 0) is 6.54 Å². The molecule has 0 unspecified atom stereocenters. The lowest BCUT2D eigenvalue weighted by atomic mass is 9.82. The number of halogens is 1. The van der Waals surface area contributed by atoms with Gasteiger partial charge in [-0.05, 0) is 37.4 Å².